The lowest BCUT2D eigenvalue weighted by atomic mass is 10.0. The molecule has 0 aliphatic rings. The van der Waals surface area contributed by atoms with E-state index in [-0.39, 0.29) is 0 Å². The van der Waals surface area contributed by atoms with Crippen LogP contribution in [0.3, 0.4) is 0 Å². The summed E-state index contributed by atoms with van der Waals surface area (Å²) in [4.78, 5) is 0. The summed E-state index contributed by atoms with van der Waals surface area (Å²) in [7, 11) is 4.90. The van der Waals surface area contributed by atoms with Gasteiger partial charge >= 0.3 is 0 Å². The minimum Gasteiger partial charge on any atom is -0.493 e. The lowest BCUT2D eigenvalue weighted by Gasteiger charge is -2.17. The topological polar surface area (TPSA) is 39.7 Å². The normalized spacial score (nSPS) is 10.4. The van der Waals surface area contributed by atoms with E-state index in [1.807, 2.05) is 13.0 Å². The molecule has 0 aliphatic carbocycles. The average Bonchev–Trinajstić information content (AvgIpc) is 2.47. The van der Waals surface area contributed by atoms with E-state index in [0.717, 1.165) is 37.2 Å². The number of rotatable bonds is 9. The van der Waals surface area contributed by atoms with Gasteiger partial charge in [-0.3, -0.25) is 0 Å². The highest BCUT2D eigenvalue weighted by molar-refractivity contribution is 6.17. The van der Waals surface area contributed by atoms with Crippen molar-refractivity contribution in [3.8, 4) is 17.2 Å². The zero-order valence-corrected chi connectivity index (χ0v) is 13.5. The predicted molar refractivity (Wildman–Crippen MR) is 82.7 cm³/mol. The number of alkyl halides is 1. The third-order valence-corrected chi connectivity index (χ3v) is 3.51. The minimum absolute atomic E-state index is 0.645. The first-order valence-corrected chi connectivity index (χ1v) is 7.28. The molecule has 0 aromatic heterocycles. The molecule has 0 unspecified atom stereocenters. The molecule has 1 rings (SSSR count). The van der Waals surface area contributed by atoms with Crippen LogP contribution in [0.15, 0.2) is 6.07 Å². The molecule has 0 atom stereocenters. The van der Waals surface area contributed by atoms with Gasteiger partial charge in [-0.25, -0.2) is 0 Å². The largest absolute Gasteiger partial charge is 0.493 e. The van der Waals surface area contributed by atoms with Gasteiger partial charge in [0, 0.05) is 5.88 Å². The van der Waals surface area contributed by atoms with Gasteiger partial charge in [-0.2, -0.15) is 0 Å². The third-order valence-electron chi connectivity index (χ3n) is 3.24. The van der Waals surface area contributed by atoms with Crippen LogP contribution in [0, 0.1) is 6.92 Å². The number of hydrogen-bond donors (Lipinski definition) is 1. The van der Waals surface area contributed by atoms with E-state index in [1.165, 1.54) is 5.56 Å². The van der Waals surface area contributed by atoms with Crippen molar-refractivity contribution < 1.29 is 14.2 Å². The molecule has 20 heavy (non-hydrogen) atoms. The molecule has 4 nitrogen and oxygen atoms in total. The summed E-state index contributed by atoms with van der Waals surface area (Å²) in [6, 6.07) is 2.01. The third kappa shape index (κ3) is 4.18. The lowest BCUT2D eigenvalue weighted by Crippen LogP contribution is -2.19. The first-order valence-electron chi connectivity index (χ1n) is 6.74. The summed E-state index contributed by atoms with van der Waals surface area (Å²) < 4.78 is 16.2. The maximum Gasteiger partial charge on any atom is 0.203 e. The Morgan fingerprint density at radius 1 is 1.05 bits per heavy atom. The van der Waals surface area contributed by atoms with Crippen molar-refractivity contribution in [2.45, 2.75) is 19.8 Å². The maximum atomic E-state index is 5.65. The maximum absolute atomic E-state index is 5.65. The van der Waals surface area contributed by atoms with Gasteiger partial charge in [-0.05, 0) is 50.0 Å². The van der Waals surface area contributed by atoms with Gasteiger partial charge in [0.05, 0.1) is 21.3 Å². The van der Waals surface area contributed by atoms with Crippen molar-refractivity contribution in [3.05, 3.63) is 17.2 Å². The van der Waals surface area contributed by atoms with Gasteiger partial charge in [0.1, 0.15) is 0 Å². The molecule has 0 spiro atoms. The Morgan fingerprint density at radius 2 is 1.75 bits per heavy atom. The zero-order chi connectivity index (χ0) is 15.0. The molecule has 0 fully saturated rings. The summed E-state index contributed by atoms with van der Waals surface area (Å²) in [6.07, 6.45) is 1.89. The lowest BCUT2D eigenvalue weighted by molar-refractivity contribution is 0.322. The summed E-state index contributed by atoms with van der Waals surface area (Å²) in [5, 5.41) is 3.37. The average molecular weight is 302 g/mol. The second kappa shape index (κ2) is 8.93. The first kappa shape index (κ1) is 16.9. The van der Waals surface area contributed by atoms with Crippen LogP contribution in [0.1, 0.15) is 17.5 Å². The van der Waals surface area contributed by atoms with Gasteiger partial charge in [0.15, 0.2) is 11.5 Å². The van der Waals surface area contributed by atoms with Crippen molar-refractivity contribution in [2.24, 2.45) is 0 Å². The molecule has 1 N–H and O–H groups in total. The summed E-state index contributed by atoms with van der Waals surface area (Å²) in [6.45, 7) is 3.87. The molecule has 0 amide bonds. The highest BCUT2D eigenvalue weighted by Crippen LogP contribution is 2.41. The minimum atomic E-state index is 0.645. The Balaban J connectivity index is 2.85. The van der Waals surface area contributed by atoms with Crippen LogP contribution in [0.5, 0.6) is 17.2 Å². The molecule has 0 bridgehead atoms. The Labute approximate surface area is 126 Å². The summed E-state index contributed by atoms with van der Waals surface area (Å²) in [5.74, 6) is 2.77. The number of halogens is 1. The standard InChI is InChI=1S/C15H24ClNO3/c1-11-12(6-9-17-8-5-7-16)10-13(18-2)15(20-4)14(11)19-3/h10,17H,5-9H2,1-4H3. The molecular weight excluding hydrogens is 278 g/mol. The fraction of sp³-hybridized carbons (Fsp3) is 0.600. The van der Waals surface area contributed by atoms with E-state index in [0.29, 0.717) is 17.4 Å². The van der Waals surface area contributed by atoms with Crippen molar-refractivity contribution in [1.82, 2.24) is 5.32 Å². The fourth-order valence-electron chi connectivity index (χ4n) is 2.15. The first-order chi connectivity index (χ1) is 9.69. The van der Waals surface area contributed by atoms with Crippen LogP contribution < -0.4 is 19.5 Å². The van der Waals surface area contributed by atoms with Crippen LogP contribution in [-0.4, -0.2) is 40.3 Å². The Morgan fingerprint density at radius 3 is 2.30 bits per heavy atom. The van der Waals surface area contributed by atoms with Crippen molar-refractivity contribution in [3.63, 3.8) is 0 Å². The molecular formula is C15H24ClNO3. The second-order valence-corrected chi connectivity index (χ2v) is 4.85. The molecule has 1 aromatic rings. The van der Waals surface area contributed by atoms with E-state index in [9.17, 15) is 0 Å². The zero-order valence-electron chi connectivity index (χ0n) is 12.7. The highest BCUT2D eigenvalue weighted by atomic mass is 35.5. The smallest absolute Gasteiger partial charge is 0.203 e. The monoisotopic (exact) mass is 301 g/mol. The molecule has 5 heteroatoms. The van der Waals surface area contributed by atoms with Crippen LogP contribution in [-0.2, 0) is 6.42 Å². The SMILES string of the molecule is COc1cc(CCNCCCCl)c(C)c(OC)c1OC. The van der Waals surface area contributed by atoms with Crippen LogP contribution in [0.25, 0.3) is 0 Å². The van der Waals surface area contributed by atoms with Crippen molar-refractivity contribution in [2.75, 3.05) is 40.3 Å². The molecule has 114 valence electrons. The molecule has 0 saturated heterocycles. The van der Waals surface area contributed by atoms with E-state index in [2.05, 4.69) is 5.32 Å². The van der Waals surface area contributed by atoms with Gasteiger partial charge in [0.2, 0.25) is 5.75 Å². The quantitative estimate of drug-likeness (QED) is 0.562. The van der Waals surface area contributed by atoms with Gasteiger partial charge in [0.25, 0.3) is 0 Å². The fourth-order valence-corrected chi connectivity index (χ4v) is 2.28. The highest BCUT2D eigenvalue weighted by Gasteiger charge is 2.17. The summed E-state index contributed by atoms with van der Waals surface area (Å²) in [5.41, 5.74) is 2.28. The van der Waals surface area contributed by atoms with Crippen LogP contribution >= 0.6 is 11.6 Å². The van der Waals surface area contributed by atoms with Gasteiger partial charge in [-0.1, -0.05) is 0 Å². The summed E-state index contributed by atoms with van der Waals surface area (Å²) >= 11 is 5.65. The Hall–Kier alpha value is -1.13. The van der Waals surface area contributed by atoms with Crippen molar-refractivity contribution in [1.29, 1.82) is 0 Å². The Bertz CT molecular complexity index is 424. The van der Waals surface area contributed by atoms with Gasteiger partial charge in [-0.15, -0.1) is 11.6 Å². The number of nitrogens with one attached hydrogen (secondary N) is 1. The van der Waals surface area contributed by atoms with E-state index < -0.39 is 0 Å². The van der Waals surface area contributed by atoms with E-state index >= 15 is 0 Å². The van der Waals surface area contributed by atoms with Crippen LogP contribution in [0.4, 0.5) is 0 Å². The Kier molecular flexibility index (Phi) is 7.55. The molecule has 1 aromatic carbocycles. The van der Waals surface area contributed by atoms with Crippen molar-refractivity contribution >= 4 is 11.6 Å². The predicted octanol–water partition coefficient (Wildman–Crippen LogP) is 2.78. The second-order valence-electron chi connectivity index (χ2n) is 4.47. The molecule has 0 aliphatic heterocycles. The van der Waals surface area contributed by atoms with E-state index in [1.54, 1.807) is 21.3 Å². The number of ether oxygens (including phenoxy) is 3. The molecule has 0 heterocycles. The number of hydrogen-bond acceptors (Lipinski definition) is 4. The molecule has 0 radical (unpaired) electrons. The number of methoxy groups -OCH3 is 3. The van der Waals surface area contributed by atoms with Crippen LogP contribution in [0.2, 0.25) is 0 Å². The molecule has 0 saturated carbocycles. The number of benzene rings is 1. The van der Waals surface area contributed by atoms with E-state index in [4.69, 9.17) is 25.8 Å². The van der Waals surface area contributed by atoms with Gasteiger partial charge < -0.3 is 19.5 Å².